The number of hydrogen-bond acceptors (Lipinski definition) is 3. The number of hydrogen-bond donors (Lipinski definition) is 1. The summed E-state index contributed by atoms with van der Waals surface area (Å²) in [4.78, 5) is 0. The van der Waals surface area contributed by atoms with E-state index in [0.29, 0.717) is 6.04 Å². The number of rotatable bonds is 5. The number of benzene rings is 1. The number of aryl methyl sites for hydroxylation is 1. The van der Waals surface area contributed by atoms with E-state index in [9.17, 15) is 0 Å². The zero-order valence-corrected chi connectivity index (χ0v) is 10.4. The molecule has 1 aliphatic carbocycles. The second-order valence-electron chi connectivity index (χ2n) is 4.94. The molecular formula is C14H18N4. The van der Waals surface area contributed by atoms with Crippen molar-refractivity contribution in [2.45, 2.75) is 37.8 Å². The van der Waals surface area contributed by atoms with Crippen molar-refractivity contribution in [1.82, 2.24) is 14.8 Å². The van der Waals surface area contributed by atoms with Gasteiger partial charge < -0.3 is 10.3 Å². The van der Waals surface area contributed by atoms with E-state index >= 15 is 0 Å². The largest absolute Gasteiger partial charge is 0.324 e. The van der Waals surface area contributed by atoms with Gasteiger partial charge in [0.25, 0.3) is 0 Å². The third-order valence-electron chi connectivity index (χ3n) is 3.49. The maximum Gasteiger partial charge on any atom is 0.133 e. The molecule has 0 radical (unpaired) electrons. The van der Waals surface area contributed by atoms with Crippen LogP contribution in [-0.4, -0.2) is 14.8 Å². The summed E-state index contributed by atoms with van der Waals surface area (Å²) in [6.07, 6.45) is 6.18. The predicted octanol–water partition coefficient (Wildman–Crippen LogP) is 2.25. The summed E-state index contributed by atoms with van der Waals surface area (Å²) in [5, 5.41) is 8.21. The van der Waals surface area contributed by atoms with Gasteiger partial charge in [0.1, 0.15) is 12.2 Å². The molecule has 2 aromatic rings. The van der Waals surface area contributed by atoms with Gasteiger partial charge in [0.2, 0.25) is 0 Å². The fraction of sp³-hybridized carbons (Fsp3) is 0.429. The van der Waals surface area contributed by atoms with Crippen LogP contribution in [0.25, 0.3) is 0 Å². The normalized spacial score (nSPS) is 16.7. The molecule has 94 valence electrons. The lowest BCUT2D eigenvalue weighted by Gasteiger charge is -2.11. The molecule has 4 nitrogen and oxygen atoms in total. The molecule has 1 fully saturated rings. The molecule has 1 atom stereocenters. The van der Waals surface area contributed by atoms with Crippen molar-refractivity contribution >= 4 is 0 Å². The van der Waals surface area contributed by atoms with Crippen molar-refractivity contribution in [3.05, 3.63) is 48.0 Å². The summed E-state index contributed by atoms with van der Waals surface area (Å²) in [7, 11) is 0. The highest BCUT2D eigenvalue weighted by molar-refractivity contribution is 5.18. The minimum absolute atomic E-state index is 0.0792. The van der Waals surface area contributed by atoms with Crippen molar-refractivity contribution in [3.63, 3.8) is 0 Å². The van der Waals surface area contributed by atoms with Gasteiger partial charge in [0.05, 0.1) is 0 Å². The molecule has 1 saturated carbocycles. The monoisotopic (exact) mass is 242 g/mol. The van der Waals surface area contributed by atoms with Crippen LogP contribution in [0.5, 0.6) is 0 Å². The Balaban J connectivity index is 1.62. The molecule has 1 unspecified atom stereocenters. The third kappa shape index (κ3) is 2.43. The van der Waals surface area contributed by atoms with E-state index in [-0.39, 0.29) is 6.04 Å². The zero-order chi connectivity index (χ0) is 12.4. The summed E-state index contributed by atoms with van der Waals surface area (Å²) >= 11 is 0. The van der Waals surface area contributed by atoms with Gasteiger partial charge in [-0.2, -0.15) is 0 Å². The second kappa shape index (κ2) is 4.90. The van der Waals surface area contributed by atoms with Crippen molar-refractivity contribution in [1.29, 1.82) is 0 Å². The lowest BCUT2D eigenvalue weighted by molar-refractivity contribution is 0.599. The van der Waals surface area contributed by atoms with Crippen molar-refractivity contribution in [2.75, 3.05) is 0 Å². The van der Waals surface area contributed by atoms with E-state index in [1.54, 1.807) is 0 Å². The summed E-state index contributed by atoms with van der Waals surface area (Å²) < 4.78 is 2.21. The molecule has 3 rings (SSSR count). The first-order valence-corrected chi connectivity index (χ1v) is 6.53. The van der Waals surface area contributed by atoms with Crippen LogP contribution in [-0.2, 0) is 6.42 Å². The lowest BCUT2D eigenvalue weighted by Crippen LogP contribution is -2.12. The van der Waals surface area contributed by atoms with Crippen LogP contribution < -0.4 is 5.73 Å². The lowest BCUT2D eigenvalue weighted by atomic mass is 10.0. The van der Waals surface area contributed by atoms with Gasteiger partial charge in [0, 0.05) is 18.5 Å². The van der Waals surface area contributed by atoms with Crippen LogP contribution in [0.15, 0.2) is 36.7 Å². The maximum atomic E-state index is 6.20. The molecule has 1 heterocycles. The Hall–Kier alpha value is -1.68. The molecule has 4 heteroatoms. The van der Waals surface area contributed by atoms with Gasteiger partial charge in [0.15, 0.2) is 0 Å². The van der Waals surface area contributed by atoms with Gasteiger partial charge in [-0.05, 0) is 24.8 Å². The molecule has 2 N–H and O–H groups in total. The maximum absolute atomic E-state index is 6.20. The van der Waals surface area contributed by atoms with E-state index < -0.39 is 0 Å². The highest BCUT2D eigenvalue weighted by atomic mass is 15.3. The van der Waals surface area contributed by atoms with Crippen LogP contribution in [0.3, 0.4) is 0 Å². The summed E-state index contributed by atoms with van der Waals surface area (Å²) in [6, 6.07) is 11.0. The van der Waals surface area contributed by atoms with Gasteiger partial charge in [-0.15, -0.1) is 10.2 Å². The quantitative estimate of drug-likeness (QED) is 0.874. The number of nitrogens with zero attached hydrogens (tertiary/aromatic N) is 3. The SMILES string of the molecule is NC(CCc1nncn1C1CC1)c1ccccc1. The van der Waals surface area contributed by atoms with Crippen LogP contribution >= 0.6 is 0 Å². The van der Waals surface area contributed by atoms with Gasteiger partial charge in [-0.1, -0.05) is 30.3 Å². The molecule has 0 saturated heterocycles. The molecule has 0 spiro atoms. The molecule has 0 bridgehead atoms. The minimum atomic E-state index is 0.0792. The average molecular weight is 242 g/mol. The van der Waals surface area contributed by atoms with Crippen LogP contribution in [0.2, 0.25) is 0 Å². The fourth-order valence-corrected chi connectivity index (χ4v) is 2.25. The fourth-order valence-electron chi connectivity index (χ4n) is 2.25. The summed E-state index contributed by atoms with van der Waals surface area (Å²) in [6.45, 7) is 0. The first-order chi connectivity index (χ1) is 8.84. The van der Waals surface area contributed by atoms with Gasteiger partial charge in [-0.25, -0.2) is 0 Å². The summed E-state index contributed by atoms with van der Waals surface area (Å²) in [5.41, 5.74) is 7.39. The Labute approximate surface area is 107 Å². The Bertz CT molecular complexity index is 502. The molecular weight excluding hydrogens is 224 g/mol. The Morgan fingerprint density at radius 3 is 2.78 bits per heavy atom. The summed E-state index contributed by atoms with van der Waals surface area (Å²) in [5.74, 6) is 1.07. The Morgan fingerprint density at radius 1 is 1.28 bits per heavy atom. The van der Waals surface area contributed by atoms with Crippen molar-refractivity contribution in [2.24, 2.45) is 5.73 Å². The highest BCUT2D eigenvalue weighted by Crippen LogP contribution is 2.35. The Kier molecular flexibility index (Phi) is 3.11. The first kappa shape index (κ1) is 11.4. The first-order valence-electron chi connectivity index (χ1n) is 6.53. The van der Waals surface area contributed by atoms with Gasteiger partial charge in [-0.3, -0.25) is 0 Å². The van der Waals surface area contributed by atoms with Crippen molar-refractivity contribution in [3.8, 4) is 0 Å². The number of nitrogens with two attached hydrogens (primary N) is 1. The van der Waals surface area contributed by atoms with E-state index in [2.05, 4.69) is 26.9 Å². The second-order valence-corrected chi connectivity index (χ2v) is 4.94. The van der Waals surface area contributed by atoms with E-state index in [1.165, 1.54) is 18.4 Å². The standard InChI is InChI=1S/C14H18N4/c15-13(11-4-2-1-3-5-11)8-9-14-17-16-10-18(14)12-6-7-12/h1-5,10,12-13H,6-9,15H2. The van der Waals surface area contributed by atoms with Crippen LogP contribution in [0.1, 0.15) is 42.7 Å². The Morgan fingerprint density at radius 2 is 2.06 bits per heavy atom. The molecule has 1 aliphatic rings. The smallest absolute Gasteiger partial charge is 0.133 e. The minimum Gasteiger partial charge on any atom is -0.324 e. The topological polar surface area (TPSA) is 56.7 Å². The molecule has 0 aliphatic heterocycles. The molecule has 1 aromatic carbocycles. The predicted molar refractivity (Wildman–Crippen MR) is 70.0 cm³/mol. The van der Waals surface area contributed by atoms with Gasteiger partial charge >= 0.3 is 0 Å². The molecule has 0 amide bonds. The number of aromatic nitrogens is 3. The third-order valence-corrected chi connectivity index (χ3v) is 3.49. The average Bonchev–Trinajstić information content (AvgIpc) is 3.16. The van der Waals surface area contributed by atoms with E-state index in [0.717, 1.165) is 18.7 Å². The van der Waals surface area contributed by atoms with Crippen LogP contribution in [0.4, 0.5) is 0 Å². The molecule has 18 heavy (non-hydrogen) atoms. The van der Waals surface area contributed by atoms with E-state index in [1.807, 2.05) is 24.5 Å². The highest BCUT2D eigenvalue weighted by Gasteiger charge is 2.25. The van der Waals surface area contributed by atoms with Crippen LogP contribution in [0, 0.1) is 0 Å². The van der Waals surface area contributed by atoms with E-state index in [4.69, 9.17) is 5.73 Å². The zero-order valence-electron chi connectivity index (χ0n) is 10.4. The molecule has 1 aromatic heterocycles. The van der Waals surface area contributed by atoms with Crippen molar-refractivity contribution < 1.29 is 0 Å².